The molecule has 2 aliphatic heterocycles. The highest BCUT2D eigenvalue weighted by Gasteiger charge is 2.30. The van der Waals surface area contributed by atoms with E-state index in [9.17, 15) is 18.3 Å². The number of hydrogen-bond acceptors (Lipinski definition) is 4. The highest BCUT2D eigenvalue weighted by Crippen LogP contribution is 2.28. The molecule has 0 aromatic heterocycles. The molecular formula is C21H24N2O4S. The number of amides is 1. The van der Waals surface area contributed by atoms with Crippen LogP contribution in [0.25, 0.3) is 0 Å². The van der Waals surface area contributed by atoms with Gasteiger partial charge < -0.3 is 10.0 Å². The van der Waals surface area contributed by atoms with Crippen LogP contribution in [-0.2, 0) is 16.4 Å². The summed E-state index contributed by atoms with van der Waals surface area (Å²) in [6, 6.07) is 14.0. The number of rotatable bonds is 3. The van der Waals surface area contributed by atoms with Gasteiger partial charge in [0.05, 0.1) is 11.0 Å². The van der Waals surface area contributed by atoms with Gasteiger partial charge in [-0.3, -0.25) is 4.79 Å². The van der Waals surface area contributed by atoms with Gasteiger partial charge in [-0.05, 0) is 61.6 Å². The van der Waals surface area contributed by atoms with Crippen LogP contribution < -0.4 is 4.90 Å². The van der Waals surface area contributed by atoms with Gasteiger partial charge in [0.1, 0.15) is 0 Å². The molecule has 2 heterocycles. The minimum absolute atomic E-state index is 0.119. The maximum atomic E-state index is 13.0. The van der Waals surface area contributed by atoms with E-state index in [1.807, 2.05) is 24.3 Å². The number of β-amino-alcohol motifs (C(OH)–C–C–N with tert-alkyl or cyclic N) is 1. The Hall–Kier alpha value is -2.22. The van der Waals surface area contributed by atoms with Gasteiger partial charge in [-0.25, -0.2) is 8.42 Å². The number of hydrogen-bond donors (Lipinski definition) is 1. The molecule has 2 aliphatic rings. The molecule has 1 saturated heterocycles. The summed E-state index contributed by atoms with van der Waals surface area (Å²) < 4.78 is 26.9. The van der Waals surface area contributed by atoms with E-state index < -0.39 is 16.1 Å². The first-order valence-corrected chi connectivity index (χ1v) is 11.1. The Morgan fingerprint density at radius 3 is 2.50 bits per heavy atom. The van der Waals surface area contributed by atoms with Crippen molar-refractivity contribution in [3.05, 3.63) is 59.7 Å². The van der Waals surface area contributed by atoms with Crippen LogP contribution in [0.3, 0.4) is 0 Å². The van der Waals surface area contributed by atoms with Gasteiger partial charge in [0.2, 0.25) is 10.0 Å². The third kappa shape index (κ3) is 3.57. The quantitative estimate of drug-likeness (QED) is 0.858. The van der Waals surface area contributed by atoms with E-state index in [0.29, 0.717) is 31.5 Å². The molecular weight excluding hydrogens is 376 g/mol. The Labute approximate surface area is 165 Å². The van der Waals surface area contributed by atoms with Gasteiger partial charge >= 0.3 is 0 Å². The fraction of sp³-hybridized carbons (Fsp3) is 0.381. The van der Waals surface area contributed by atoms with E-state index in [1.165, 1.54) is 16.4 Å². The smallest absolute Gasteiger partial charge is 0.258 e. The summed E-state index contributed by atoms with van der Waals surface area (Å²) >= 11 is 0. The molecule has 6 nitrogen and oxygen atoms in total. The van der Waals surface area contributed by atoms with Gasteiger partial charge in [0, 0.05) is 30.9 Å². The van der Waals surface area contributed by atoms with Gasteiger partial charge in [-0.2, -0.15) is 4.31 Å². The summed E-state index contributed by atoms with van der Waals surface area (Å²) in [5.41, 5.74) is 2.55. The first-order chi connectivity index (χ1) is 13.5. The average Bonchev–Trinajstić information content (AvgIpc) is 2.73. The van der Waals surface area contributed by atoms with Gasteiger partial charge in [-0.15, -0.1) is 0 Å². The number of nitrogens with zero attached hydrogens (tertiary/aromatic N) is 2. The lowest BCUT2D eigenvalue weighted by molar-refractivity contribution is 0.0985. The summed E-state index contributed by atoms with van der Waals surface area (Å²) in [4.78, 5) is 14.9. The van der Waals surface area contributed by atoms with Gasteiger partial charge in [0.15, 0.2) is 0 Å². The average molecular weight is 401 g/mol. The molecule has 4 rings (SSSR count). The highest BCUT2D eigenvalue weighted by molar-refractivity contribution is 7.89. The minimum atomic E-state index is -3.66. The molecule has 0 unspecified atom stereocenters. The Balaban J connectivity index is 1.56. The van der Waals surface area contributed by atoms with Crippen molar-refractivity contribution in [3.63, 3.8) is 0 Å². The lowest BCUT2D eigenvalue weighted by Gasteiger charge is -2.30. The minimum Gasteiger partial charge on any atom is -0.392 e. The topological polar surface area (TPSA) is 77.9 Å². The van der Waals surface area contributed by atoms with Crippen molar-refractivity contribution < 1.29 is 18.3 Å². The SMILES string of the molecule is O=C(c1ccc(S(=O)(=O)N2CCC[C@H](O)C2)cc1)N1CCCc2ccccc21. The maximum Gasteiger partial charge on any atom is 0.258 e. The zero-order chi connectivity index (χ0) is 19.7. The number of aliphatic hydroxyl groups is 1. The van der Waals surface area contributed by atoms with Crippen LogP contribution in [-0.4, -0.2) is 49.5 Å². The number of fused-ring (bicyclic) bond motifs is 1. The lowest BCUT2D eigenvalue weighted by atomic mass is 10.0. The summed E-state index contributed by atoms with van der Waals surface area (Å²) in [7, 11) is -3.66. The number of benzene rings is 2. The van der Waals surface area contributed by atoms with E-state index >= 15 is 0 Å². The van der Waals surface area contributed by atoms with Crippen molar-refractivity contribution in [1.29, 1.82) is 0 Å². The molecule has 1 fully saturated rings. The standard InChI is InChI=1S/C21H24N2O4S/c24-18-7-4-13-22(15-18)28(26,27)19-11-9-17(10-12-19)21(25)23-14-3-6-16-5-1-2-8-20(16)23/h1-2,5,8-12,18,24H,3-4,6-7,13-15H2/t18-/m0/s1. The number of carbonyl (C=O) groups excluding carboxylic acids is 1. The number of carbonyl (C=O) groups is 1. The largest absolute Gasteiger partial charge is 0.392 e. The van der Waals surface area contributed by atoms with Crippen molar-refractivity contribution in [2.24, 2.45) is 0 Å². The van der Waals surface area contributed by atoms with E-state index in [1.54, 1.807) is 17.0 Å². The fourth-order valence-electron chi connectivity index (χ4n) is 3.96. The van der Waals surface area contributed by atoms with Crippen molar-refractivity contribution >= 4 is 21.6 Å². The maximum absolute atomic E-state index is 13.0. The van der Waals surface area contributed by atoms with Crippen LogP contribution in [0.15, 0.2) is 53.4 Å². The highest BCUT2D eigenvalue weighted by atomic mass is 32.2. The predicted molar refractivity (Wildman–Crippen MR) is 107 cm³/mol. The van der Waals surface area contributed by atoms with Crippen molar-refractivity contribution in [2.75, 3.05) is 24.5 Å². The Bertz CT molecular complexity index is 972. The van der Waals surface area contributed by atoms with Crippen LogP contribution in [0.4, 0.5) is 5.69 Å². The molecule has 7 heteroatoms. The molecule has 0 saturated carbocycles. The second-order valence-corrected chi connectivity index (χ2v) is 9.31. The number of aryl methyl sites for hydroxylation is 1. The van der Waals surface area contributed by atoms with Crippen molar-refractivity contribution in [2.45, 2.75) is 36.7 Å². The fourth-order valence-corrected chi connectivity index (χ4v) is 5.47. The van der Waals surface area contributed by atoms with Crippen LogP contribution in [0.2, 0.25) is 0 Å². The summed E-state index contributed by atoms with van der Waals surface area (Å²) in [6.45, 7) is 1.18. The summed E-state index contributed by atoms with van der Waals surface area (Å²) in [5.74, 6) is -0.121. The van der Waals surface area contributed by atoms with E-state index in [4.69, 9.17) is 0 Å². The predicted octanol–water partition coefficient (Wildman–Crippen LogP) is 2.43. The third-order valence-electron chi connectivity index (χ3n) is 5.45. The Kier molecular flexibility index (Phi) is 5.23. The molecule has 1 atom stereocenters. The monoisotopic (exact) mass is 400 g/mol. The molecule has 2 aromatic carbocycles. The summed E-state index contributed by atoms with van der Waals surface area (Å²) in [6.07, 6.45) is 2.51. The molecule has 1 amide bonds. The first-order valence-electron chi connectivity index (χ1n) is 9.65. The summed E-state index contributed by atoms with van der Waals surface area (Å²) in [5, 5.41) is 9.77. The molecule has 0 radical (unpaired) electrons. The molecule has 0 aliphatic carbocycles. The normalized spacial score (nSPS) is 20.6. The van der Waals surface area contributed by atoms with Crippen LogP contribution >= 0.6 is 0 Å². The number of aliphatic hydroxyl groups excluding tert-OH is 1. The van der Waals surface area contributed by atoms with E-state index in [0.717, 1.165) is 24.1 Å². The number of para-hydroxylation sites is 1. The van der Waals surface area contributed by atoms with E-state index in [-0.39, 0.29) is 17.3 Å². The van der Waals surface area contributed by atoms with E-state index in [2.05, 4.69) is 0 Å². The molecule has 148 valence electrons. The number of piperidine rings is 1. The zero-order valence-electron chi connectivity index (χ0n) is 15.6. The van der Waals surface area contributed by atoms with Crippen LogP contribution in [0.1, 0.15) is 35.2 Å². The van der Waals surface area contributed by atoms with Gasteiger partial charge in [0.25, 0.3) is 5.91 Å². The number of anilines is 1. The third-order valence-corrected chi connectivity index (χ3v) is 7.33. The Morgan fingerprint density at radius 1 is 1.00 bits per heavy atom. The first kappa shape index (κ1) is 19.1. The second-order valence-electron chi connectivity index (χ2n) is 7.37. The number of sulfonamides is 1. The van der Waals surface area contributed by atoms with Crippen molar-refractivity contribution in [1.82, 2.24) is 4.31 Å². The molecule has 1 N–H and O–H groups in total. The Morgan fingerprint density at radius 2 is 1.75 bits per heavy atom. The molecule has 0 bridgehead atoms. The lowest BCUT2D eigenvalue weighted by Crippen LogP contribution is -2.42. The van der Waals surface area contributed by atoms with Crippen LogP contribution in [0.5, 0.6) is 0 Å². The molecule has 28 heavy (non-hydrogen) atoms. The van der Waals surface area contributed by atoms with Crippen molar-refractivity contribution in [3.8, 4) is 0 Å². The molecule has 2 aromatic rings. The zero-order valence-corrected chi connectivity index (χ0v) is 16.4. The molecule has 0 spiro atoms. The van der Waals surface area contributed by atoms with Gasteiger partial charge in [-0.1, -0.05) is 18.2 Å². The second kappa shape index (κ2) is 7.66. The van der Waals surface area contributed by atoms with Crippen LogP contribution in [0, 0.1) is 0 Å².